The number of amides is 1. The molecule has 10 heteroatoms. The Kier molecular flexibility index (Phi) is 5.13. The van der Waals surface area contributed by atoms with Crippen molar-refractivity contribution in [2.45, 2.75) is 51.1 Å². The maximum absolute atomic E-state index is 12.6. The monoisotopic (exact) mass is 461 g/mol. The van der Waals surface area contributed by atoms with E-state index in [0.29, 0.717) is 30.0 Å². The van der Waals surface area contributed by atoms with Crippen molar-refractivity contribution in [2.24, 2.45) is 0 Å². The fraction of sp³-hybridized carbons (Fsp3) is 0.542. The third-order valence-corrected chi connectivity index (χ3v) is 7.62. The van der Waals surface area contributed by atoms with Crippen LogP contribution in [0.15, 0.2) is 24.4 Å². The molecule has 0 bridgehead atoms. The Bertz CT molecular complexity index is 1210. The first kappa shape index (κ1) is 21.3. The lowest BCUT2D eigenvalue weighted by Gasteiger charge is -2.37. The van der Waals surface area contributed by atoms with Gasteiger partial charge >= 0.3 is 0 Å². The van der Waals surface area contributed by atoms with Crippen LogP contribution in [0.1, 0.15) is 50.0 Å². The molecule has 2 N–H and O–H groups in total. The largest absolute Gasteiger partial charge is 0.353 e. The first-order chi connectivity index (χ1) is 16.5. The zero-order valence-electron chi connectivity index (χ0n) is 19.8. The maximum atomic E-state index is 12.6. The van der Waals surface area contributed by atoms with Crippen LogP contribution in [0.25, 0.3) is 11.0 Å². The second kappa shape index (κ2) is 8.19. The summed E-state index contributed by atoms with van der Waals surface area (Å²) in [7, 11) is 0. The van der Waals surface area contributed by atoms with Crippen LogP contribution in [0.3, 0.4) is 0 Å². The summed E-state index contributed by atoms with van der Waals surface area (Å²) in [6, 6.07) is 6.39. The minimum absolute atomic E-state index is 0.0410. The molecule has 0 radical (unpaired) electrons. The molecule has 1 saturated carbocycles. The zero-order valence-corrected chi connectivity index (χ0v) is 19.8. The predicted molar refractivity (Wildman–Crippen MR) is 131 cm³/mol. The molecule has 6 rings (SSSR count). The number of fused-ring (bicyclic) bond motifs is 4. The number of nitrogens with one attached hydrogen (secondary N) is 2. The number of anilines is 3. The van der Waals surface area contributed by atoms with Gasteiger partial charge in [-0.25, -0.2) is 4.98 Å². The van der Waals surface area contributed by atoms with E-state index in [9.17, 15) is 4.79 Å². The molecule has 0 aromatic carbocycles. The van der Waals surface area contributed by atoms with E-state index in [0.717, 1.165) is 55.9 Å². The van der Waals surface area contributed by atoms with E-state index < -0.39 is 0 Å². The van der Waals surface area contributed by atoms with Gasteiger partial charge in [-0.2, -0.15) is 4.98 Å². The SMILES string of the molecule is CC(C)N1CCN(c2ccc(Nc3ncc4cc5n(c4n3)C3(CCCC3)CNC5=O)nn2)CC1. The molecule has 3 aromatic heterocycles. The fourth-order valence-corrected chi connectivity index (χ4v) is 5.69. The molecule has 2 aliphatic heterocycles. The van der Waals surface area contributed by atoms with Crippen LogP contribution in [0, 0.1) is 0 Å². The summed E-state index contributed by atoms with van der Waals surface area (Å²) in [5.41, 5.74) is 1.39. The van der Waals surface area contributed by atoms with Gasteiger partial charge in [0.15, 0.2) is 11.6 Å². The molecule has 1 spiro atoms. The second-order valence-corrected chi connectivity index (χ2v) is 9.97. The highest BCUT2D eigenvalue weighted by Gasteiger charge is 2.42. The number of rotatable bonds is 4. The number of hydrogen-bond donors (Lipinski definition) is 2. The van der Waals surface area contributed by atoms with Gasteiger partial charge in [0.2, 0.25) is 5.95 Å². The molecule has 3 aliphatic rings. The van der Waals surface area contributed by atoms with Crippen LogP contribution in [0.5, 0.6) is 0 Å². The lowest BCUT2D eigenvalue weighted by Crippen LogP contribution is -2.50. The van der Waals surface area contributed by atoms with E-state index in [1.165, 1.54) is 12.8 Å². The van der Waals surface area contributed by atoms with Gasteiger partial charge < -0.3 is 20.1 Å². The third-order valence-electron chi connectivity index (χ3n) is 7.62. The smallest absolute Gasteiger partial charge is 0.268 e. The van der Waals surface area contributed by atoms with Crippen molar-refractivity contribution < 1.29 is 4.79 Å². The second-order valence-electron chi connectivity index (χ2n) is 9.97. The molecule has 1 aliphatic carbocycles. The summed E-state index contributed by atoms with van der Waals surface area (Å²) >= 11 is 0. The molecular weight excluding hydrogens is 430 g/mol. The Morgan fingerprint density at radius 3 is 2.59 bits per heavy atom. The van der Waals surface area contributed by atoms with Crippen molar-refractivity contribution in [1.29, 1.82) is 0 Å². The third kappa shape index (κ3) is 3.56. The molecule has 3 aromatic rings. The van der Waals surface area contributed by atoms with Gasteiger partial charge in [-0.3, -0.25) is 9.69 Å². The lowest BCUT2D eigenvalue weighted by molar-refractivity contribution is 0.0876. The van der Waals surface area contributed by atoms with E-state index in [1.54, 1.807) is 6.20 Å². The summed E-state index contributed by atoms with van der Waals surface area (Å²) in [6.07, 6.45) is 6.21. The Hall–Kier alpha value is -3.27. The van der Waals surface area contributed by atoms with Crippen molar-refractivity contribution in [1.82, 2.24) is 34.9 Å². The average molecular weight is 462 g/mol. The average Bonchev–Trinajstić information content (AvgIpc) is 3.48. The maximum Gasteiger partial charge on any atom is 0.268 e. The van der Waals surface area contributed by atoms with E-state index in [4.69, 9.17) is 4.98 Å². The van der Waals surface area contributed by atoms with Gasteiger partial charge in [-0.05, 0) is 44.9 Å². The molecular formula is C24H31N9O. The molecule has 1 saturated heterocycles. The molecule has 5 heterocycles. The van der Waals surface area contributed by atoms with Gasteiger partial charge in [0.1, 0.15) is 11.3 Å². The predicted octanol–water partition coefficient (Wildman–Crippen LogP) is 2.51. The van der Waals surface area contributed by atoms with Crippen LogP contribution >= 0.6 is 0 Å². The van der Waals surface area contributed by atoms with Crippen LogP contribution in [0.4, 0.5) is 17.6 Å². The van der Waals surface area contributed by atoms with Gasteiger partial charge in [0.05, 0.1) is 5.54 Å². The Morgan fingerprint density at radius 2 is 1.88 bits per heavy atom. The molecule has 178 valence electrons. The summed E-state index contributed by atoms with van der Waals surface area (Å²) in [6.45, 7) is 9.11. The molecule has 34 heavy (non-hydrogen) atoms. The van der Waals surface area contributed by atoms with Crippen LogP contribution < -0.4 is 15.5 Å². The van der Waals surface area contributed by atoms with Crippen molar-refractivity contribution in [2.75, 3.05) is 42.9 Å². The first-order valence-corrected chi connectivity index (χ1v) is 12.3. The van der Waals surface area contributed by atoms with Crippen LogP contribution in [0.2, 0.25) is 0 Å². The van der Waals surface area contributed by atoms with Gasteiger partial charge in [-0.1, -0.05) is 12.8 Å². The molecule has 0 unspecified atom stereocenters. The van der Waals surface area contributed by atoms with Crippen molar-refractivity contribution >= 4 is 34.5 Å². The minimum atomic E-state index is -0.0857. The highest BCUT2D eigenvalue weighted by molar-refractivity contribution is 5.99. The highest BCUT2D eigenvalue weighted by Crippen LogP contribution is 2.41. The summed E-state index contributed by atoms with van der Waals surface area (Å²) in [4.78, 5) is 26.6. The normalized spacial score (nSPS) is 20.2. The number of piperazine rings is 1. The van der Waals surface area contributed by atoms with E-state index in [1.807, 2.05) is 18.2 Å². The number of hydrogen-bond acceptors (Lipinski definition) is 8. The van der Waals surface area contributed by atoms with E-state index >= 15 is 0 Å². The Balaban J connectivity index is 1.23. The topological polar surface area (TPSA) is 104 Å². The quantitative estimate of drug-likeness (QED) is 0.611. The number of carbonyl (C=O) groups is 1. The zero-order chi connectivity index (χ0) is 23.3. The summed E-state index contributed by atoms with van der Waals surface area (Å²) < 4.78 is 2.16. The van der Waals surface area contributed by atoms with Crippen LogP contribution in [-0.2, 0) is 5.54 Å². The molecule has 0 atom stereocenters. The summed E-state index contributed by atoms with van der Waals surface area (Å²) in [5, 5.41) is 16.0. The van der Waals surface area contributed by atoms with Crippen molar-refractivity contribution in [3.8, 4) is 0 Å². The van der Waals surface area contributed by atoms with Gasteiger partial charge in [0, 0.05) is 50.3 Å². The lowest BCUT2D eigenvalue weighted by atomic mass is 9.94. The minimum Gasteiger partial charge on any atom is -0.353 e. The molecule has 10 nitrogen and oxygen atoms in total. The Morgan fingerprint density at radius 1 is 1.09 bits per heavy atom. The number of carbonyl (C=O) groups excluding carboxylic acids is 1. The van der Waals surface area contributed by atoms with E-state index in [-0.39, 0.29) is 11.4 Å². The van der Waals surface area contributed by atoms with Crippen molar-refractivity contribution in [3.63, 3.8) is 0 Å². The fourth-order valence-electron chi connectivity index (χ4n) is 5.69. The van der Waals surface area contributed by atoms with Crippen LogP contribution in [-0.4, -0.2) is 74.3 Å². The van der Waals surface area contributed by atoms with Gasteiger partial charge in [-0.15, -0.1) is 10.2 Å². The first-order valence-electron chi connectivity index (χ1n) is 12.3. The Labute approximate surface area is 198 Å². The van der Waals surface area contributed by atoms with Crippen molar-refractivity contribution in [3.05, 3.63) is 30.1 Å². The number of aromatic nitrogens is 5. The van der Waals surface area contributed by atoms with Gasteiger partial charge in [0.25, 0.3) is 5.91 Å². The highest BCUT2D eigenvalue weighted by atomic mass is 16.2. The molecule has 1 amide bonds. The van der Waals surface area contributed by atoms with E-state index in [2.05, 4.69) is 54.0 Å². The summed E-state index contributed by atoms with van der Waals surface area (Å²) in [5.74, 6) is 1.91. The standard InChI is InChI=1S/C24H31N9O/c1-16(2)31-9-11-32(12-10-31)20-6-5-19(29-30-20)27-23-25-14-17-13-18-22(34)26-15-24(7-3-4-8-24)33(18)21(17)28-23/h5-6,13-14,16H,3-4,7-12,15H2,1-2H3,(H,26,34)(H,25,27,28,29). The molecule has 2 fully saturated rings. The number of nitrogens with zero attached hydrogens (tertiary/aromatic N) is 7.